The molecule has 0 aliphatic carbocycles. The van der Waals surface area contributed by atoms with E-state index in [1.165, 1.54) is 6.42 Å². The number of nitriles is 1. The minimum Gasteiger partial charge on any atom is -0.368 e. The summed E-state index contributed by atoms with van der Waals surface area (Å²) in [6.45, 7) is 8.51. The number of hydrogen-bond donors (Lipinski definition) is 1. The van der Waals surface area contributed by atoms with E-state index in [2.05, 4.69) is 37.1 Å². The quantitative estimate of drug-likeness (QED) is 0.843. The first-order valence-electron chi connectivity index (χ1n) is 6.16. The Hall–Kier alpha value is -1.56. The molecule has 0 fully saturated rings. The van der Waals surface area contributed by atoms with Gasteiger partial charge < -0.3 is 5.32 Å². The Morgan fingerprint density at radius 3 is 2.59 bits per heavy atom. The lowest BCUT2D eigenvalue weighted by atomic mass is 10.0. The van der Waals surface area contributed by atoms with Gasteiger partial charge in [0, 0.05) is 11.7 Å². The van der Waals surface area contributed by atoms with Gasteiger partial charge in [0.1, 0.15) is 5.82 Å². The lowest BCUT2D eigenvalue weighted by Crippen LogP contribution is -2.17. The average Bonchev–Trinajstić information content (AvgIpc) is 2.25. The normalized spacial score (nSPS) is 12.2. The van der Waals surface area contributed by atoms with Crippen LogP contribution in [0.5, 0.6) is 0 Å². The highest BCUT2D eigenvalue weighted by Crippen LogP contribution is 2.13. The number of aromatic nitrogens is 1. The number of anilines is 1. The Balaban J connectivity index is 2.62. The van der Waals surface area contributed by atoms with Gasteiger partial charge in [0.05, 0.1) is 11.6 Å². The van der Waals surface area contributed by atoms with Gasteiger partial charge >= 0.3 is 0 Å². The fourth-order valence-corrected chi connectivity index (χ4v) is 1.71. The van der Waals surface area contributed by atoms with Crippen LogP contribution in [0.3, 0.4) is 0 Å². The summed E-state index contributed by atoms with van der Waals surface area (Å²) in [7, 11) is 0. The molecule has 0 radical (unpaired) electrons. The predicted molar refractivity (Wildman–Crippen MR) is 70.8 cm³/mol. The summed E-state index contributed by atoms with van der Waals surface area (Å²) in [4.78, 5) is 4.39. The van der Waals surface area contributed by atoms with Crippen LogP contribution in [0.25, 0.3) is 0 Å². The van der Waals surface area contributed by atoms with Crippen molar-refractivity contribution in [3.63, 3.8) is 0 Å². The second-order valence-electron chi connectivity index (χ2n) is 5.01. The summed E-state index contributed by atoms with van der Waals surface area (Å²) in [5.74, 6) is 1.53. The first-order chi connectivity index (χ1) is 8.01. The van der Waals surface area contributed by atoms with E-state index in [0.29, 0.717) is 11.6 Å². The van der Waals surface area contributed by atoms with E-state index in [0.717, 1.165) is 23.9 Å². The number of pyridine rings is 1. The van der Waals surface area contributed by atoms with Crippen molar-refractivity contribution < 1.29 is 0 Å². The topological polar surface area (TPSA) is 48.7 Å². The first-order valence-corrected chi connectivity index (χ1v) is 6.16. The van der Waals surface area contributed by atoms with Gasteiger partial charge in [-0.15, -0.1) is 0 Å². The summed E-state index contributed by atoms with van der Waals surface area (Å²) in [5.41, 5.74) is 1.54. The molecule has 0 saturated carbocycles. The van der Waals surface area contributed by atoms with Crippen LogP contribution >= 0.6 is 0 Å². The van der Waals surface area contributed by atoms with Crippen molar-refractivity contribution in [2.24, 2.45) is 5.92 Å². The molecule has 92 valence electrons. The van der Waals surface area contributed by atoms with Crippen molar-refractivity contribution in [2.75, 3.05) is 5.32 Å². The van der Waals surface area contributed by atoms with E-state index in [1.807, 2.05) is 6.92 Å². The minimum atomic E-state index is 0.387. The van der Waals surface area contributed by atoms with Gasteiger partial charge in [-0.05, 0) is 44.7 Å². The molecular weight excluding hydrogens is 210 g/mol. The van der Waals surface area contributed by atoms with E-state index in [-0.39, 0.29) is 0 Å². The maximum atomic E-state index is 8.89. The van der Waals surface area contributed by atoms with E-state index >= 15 is 0 Å². The summed E-state index contributed by atoms with van der Waals surface area (Å²) in [6.07, 6.45) is 2.32. The second-order valence-corrected chi connectivity index (χ2v) is 5.01. The Morgan fingerprint density at radius 2 is 2.00 bits per heavy atom. The predicted octanol–water partition coefficient (Wildman–Crippen LogP) is 3.50. The zero-order valence-corrected chi connectivity index (χ0v) is 11.1. The van der Waals surface area contributed by atoms with Gasteiger partial charge in [0.25, 0.3) is 0 Å². The maximum Gasteiger partial charge on any atom is 0.127 e. The molecule has 0 amide bonds. The largest absolute Gasteiger partial charge is 0.368 e. The SMILES string of the molecule is Cc1cc(C#N)cc(NC(C)CCC(C)C)n1. The molecule has 1 aromatic heterocycles. The molecule has 1 aromatic rings. The number of hydrogen-bond acceptors (Lipinski definition) is 3. The lowest BCUT2D eigenvalue weighted by Gasteiger charge is -2.16. The van der Waals surface area contributed by atoms with Crippen molar-refractivity contribution in [3.8, 4) is 6.07 Å². The van der Waals surface area contributed by atoms with Gasteiger partial charge in [-0.1, -0.05) is 13.8 Å². The Labute approximate surface area is 104 Å². The Kier molecular flexibility index (Phi) is 4.96. The third-order valence-electron chi connectivity index (χ3n) is 2.65. The van der Waals surface area contributed by atoms with Crippen molar-refractivity contribution in [2.45, 2.75) is 46.6 Å². The monoisotopic (exact) mass is 231 g/mol. The van der Waals surface area contributed by atoms with Crippen LogP contribution in [0.4, 0.5) is 5.82 Å². The van der Waals surface area contributed by atoms with Crippen LogP contribution in [-0.4, -0.2) is 11.0 Å². The molecule has 0 bridgehead atoms. The number of nitrogens with one attached hydrogen (secondary N) is 1. The van der Waals surface area contributed by atoms with Gasteiger partial charge in [0.15, 0.2) is 0 Å². The first kappa shape index (κ1) is 13.5. The molecule has 1 unspecified atom stereocenters. The smallest absolute Gasteiger partial charge is 0.127 e. The van der Waals surface area contributed by atoms with Crippen LogP contribution in [0.15, 0.2) is 12.1 Å². The molecule has 1 heterocycles. The summed E-state index contributed by atoms with van der Waals surface area (Å²) >= 11 is 0. The zero-order chi connectivity index (χ0) is 12.8. The summed E-state index contributed by atoms with van der Waals surface area (Å²) in [5, 5.41) is 12.2. The minimum absolute atomic E-state index is 0.387. The zero-order valence-electron chi connectivity index (χ0n) is 11.1. The van der Waals surface area contributed by atoms with E-state index in [9.17, 15) is 0 Å². The number of nitrogens with zero attached hydrogens (tertiary/aromatic N) is 2. The van der Waals surface area contributed by atoms with E-state index in [1.54, 1.807) is 12.1 Å². The standard InChI is InChI=1S/C14H21N3/c1-10(2)5-6-11(3)16-14-8-13(9-15)7-12(4)17-14/h7-8,10-11H,5-6H2,1-4H3,(H,16,17). The molecule has 0 aliphatic rings. The van der Waals surface area contributed by atoms with Crippen molar-refractivity contribution in [1.29, 1.82) is 5.26 Å². The molecule has 3 nitrogen and oxygen atoms in total. The van der Waals surface area contributed by atoms with E-state index in [4.69, 9.17) is 5.26 Å². The third-order valence-corrected chi connectivity index (χ3v) is 2.65. The van der Waals surface area contributed by atoms with Crippen LogP contribution in [0, 0.1) is 24.2 Å². The average molecular weight is 231 g/mol. The molecule has 17 heavy (non-hydrogen) atoms. The Morgan fingerprint density at radius 1 is 1.29 bits per heavy atom. The fraction of sp³-hybridized carbons (Fsp3) is 0.571. The molecule has 1 rings (SSSR count). The molecule has 3 heteroatoms. The highest BCUT2D eigenvalue weighted by atomic mass is 15.0. The van der Waals surface area contributed by atoms with Gasteiger partial charge in [-0.3, -0.25) is 0 Å². The van der Waals surface area contributed by atoms with Crippen LogP contribution in [-0.2, 0) is 0 Å². The van der Waals surface area contributed by atoms with Gasteiger partial charge in [-0.25, -0.2) is 4.98 Å². The van der Waals surface area contributed by atoms with Crippen LogP contribution in [0.1, 0.15) is 44.9 Å². The third kappa shape index (κ3) is 4.86. The van der Waals surface area contributed by atoms with Crippen molar-refractivity contribution in [1.82, 2.24) is 4.98 Å². The Bertz CT molecular complexity index is 404. The molecule has 1 N–H and O–H groups in total. The molecular formula is C14H21N3. The second kappa shape index (κ2) is 6.24. The molecule has 0 spiro atoms. The van der Waals surface area contributed by atoms with Crippen LogP contribution < -0.4 is 5.32 Å². The number of aryl methyl sites for hydroxylation is 1. The number of rotatable bonds is 5. The molecule has 0 aliphatic heterocycles. The molecule has 0 aromatic carbocycles. The summed E-state index contributed by atoms with van der Waals surface area (Å²) < 4.78 is 0. The fourth-order valence-electron chi connectivity index (χ4n) is 1.71. The van der Waals surface area contributed by atoms with Gasteiger partial charge in [-0.2, -0.15) is 5.26 Å². The molecule has 0 saturated heterocycles. The highest BCUT2D eigenvalue weighted by molar-refractivity contribution is 5.44. The van der Waals surface area contributed by atoms with Crippen LogP contribution in [0.2, 0.25) is 0 Å². The lowest BCUT2D eigenvalue weighted by molar-refractivity contribution is 0.527. The maximum absolute atomic E-state index is 8.89. The summed E-state index contributed by atoms with van der Waals surface area (Å²) in [6, 6.07) is 6.14. The highest BCUT2D eigenvalue weighted by Gasteiger charge is 2.06. The van der Waals surface area contributed by atoms with Crippen molar-refractivity contribution >= 4 is 5.82 Å². The van der Waals surface area contributed by atoms with Crippen molar-refractivity contribution in [3.05, 3.63) is 23.4 Å². The van der Waals surface area contributed by atoms with Gasteiger partial charge in [0.2, 0.25) is 0 Å². The van der Waals surface area contributed by atoms with E-state index < -0.39 is 0 Å². The molecule has 1 atom stereocenters.